The minimum atomic E-state index is 0.122. The summed E-state index contributed by atoms with van der Waals surface area (Å²) in [6, 6.07) is 0. The first kappa shape index (κ1) is 17.3. The molecule has 126 valence electrons. The molecule has 1 heterocycles. The Kier molecular flexibility index (Phi) is 5.51. The van der Waals surface area contributed by atoms with Gasteiger partial charge in [-0.15, -0.1) is 0 Å². The summed E-state index contributed by atoms with van der Waals surface area (Å²) in [4.78, 5) is 28.0. The summed E-state index contributed by atoms with van der Waals surface area (Å²) < 4.78 is 0. The fourth-order valence-corrected chi connectivity index (χ4v) is 4.56. The molecule has 0 aromatic rings. The number of carbonyl (C=O) groups excluding carboxylic acids is 2. The van der Waals surface area contributed by atoms with Crippen molar-refractivity contribution < 1.29 is 9.59 Å². The Morgan fingerprint density at radius 1 is 1.05 bits per heavy atom. The van der Waals surface area contributed by atoms with Gasteiger partial charge in [0, 0.05) is 39.5 Å². The Hall–Kier alpha value is -1.06. The molecule has 0 unspecified atom stereocenters. The predicted molar refractivity (Wildman–Crippen MR) is 88.4 cm³/mol. The van der Waals surface area contributed by atoms with E-state index in [4.69, 9.17) is 0 Å². The second-order valence-corrected chi connectivity index (χ2v) is 8.22. The van der Waals surface area contributed by atoms with E-state index in [1.54, 1.807) is 6.92 Å². The maximum Gasteiger partial charge on any atom is 0.222 e. The molecule has 0 aromatic heterocycles. The van der Waals surface area contributed by atoms with Crippen molar-refractivity contribution in [2.45, 2.75) is 59.8 Å². The number of rotatable bonds is 2. The van der Waals surface area contributed by atoms with Gasteiger partial charge in [-0.3, -0.25) is 9.59 Å². The zero-order valence-electron chi connectivity index (χ0n) is 14.7. The van der Waals surface area contributed by atoms with Gasteiger partial charge in [-0.25, -0.2) is 0 Å². The summed E-state index contributed by atoms with van der Waals surface area (Å²) in [7, 11) is 0. The number of amides is 2. The third kappa shape index (κ3) is 4.72. The minimum absolute atomic E-state index is 0.122. The normalized spacial score (nSPS) is 29.1. The van der Waals surface area contributed by atoms with Crippen LogP contribution in [0.15, 0.2) is 0 Å². The molecule has 2 amide bonds. The van der Waals surface area contributed by atoms with Crippen LogP contribution in [0, 0.1) is 17.3 Å². The van der Waals surface area contributed by atoms with Crippen molar-refractivity contribution in [1.29, 1.82) is 0 Å². The Bertz CT molecular complexity index is 419. The molecular formula is C18H32N2O2. The molecule has 1 saturated heterocycles. The van der Waals surface area contributed by atoms with Crippen LogP contribution < -0.4 is 0 Å². The van der Waals surface area contributed by atoms with Crippen molar-refractivity contribution in [3.8, 4) is 0 Å². The van der Waals surface area contributed by atoms with Crippen molar-refractivity contribution in [3.05, 3.63) is 0 Å². The number of hydrogen-bond acceptors (Lipinski definition) is 2. The van der Waals surface area contributed by atoms with Gasteiger partial charge in [-0.2, -0.15) is 0 Å². The van der Waals surface area contributed by atoms with Crippen molar-refractivity contribution in [2.24, 2.45) is 17.3 Å². The number of hydrogen-bond donors (Lipinski definition) is 0. The quantitative estimate of drug-likeness (QED) is 0.787. The highest BCUT2D eigenvalue weighted by Gasteiger charge is 2.33. The van der Waals surface area contributed by atoms with Gasteiger partial charge in [0.25, 0.3) is 0 Å². The van der Waals surface area contributed by atoms with Crippen molar-refractivity contribution >= 4 is 11.8 Å². The van der Waals surface area contributed by atoms with Crippen LogP contribution in [0.1, 0.15) is 59.8 Å². The molecule has 0 spiro atoms. The van der Waals surface area contributed by atoms with Gasteiger partial charge in [-0.1, -0.05) is 20.8 Å². The minimum Gasteiger partial charge on any atom is -0.341 e. The van der Waals surface area contributed by atoms with Crippen LogP contribution in [-0.4, -0.2) is 47.8 Å². The Morgan fingerprint density at radius 3 is 2.32 bits per heavy atom. The highest BCUT2D eigenvalue weighted by atomic mass is 16.2. The van der Waals surface area contributed by atoms with E-state index in [1.807, 2.05) is 9.80 Å². The molecule has 1 aliphatic carbocycles. The van der Waals surface area contributed by atoms with Gasteiger partial charge in [-0.05, 0) is 42.9 Å². The van der Waals surface area contributed by atoms with Gasteiger partial charge in [0.15, 0.2) is 0 Å². The summed E-state index contributed by atoms with van der Waals surface area (Å²) in [6.07, 6.45) is 5.21. The van der Waals surface area contributed by atoms with Crippen LogP contribution in [-0.2, 0) is 9.59 Å². The maximum absolute atomic E-state index is 12.6. The van der Waals surface area contributed by atoms with Crippen LogP contribution in [0.4, 0.5) is 0 Å². The Balaban J connectivity index is 1.88. The SMILES string of the molecule is CC(=O)N1CCCN(C(=O)C[C@H]2C[C@H](C)CC(C)(C)C2)CC1. The monoisotopic (exact) mass is 308 g/mol. The fourth-order valence-electron chi connectivity index (χ4n) is 4.56. The van der Waals surface area contributed by atoms with Crippen LogP contribution in [0.3, 0.4) is 0 Å². The molecule has 0 N–H and O–H groups in total. The molecule has 2 fully saturated rings. The summed E-state index contributed by atoms with van der Waals surface area (Å²) >= 11 is 0. The lowest BCUT2D eigenvalue weighted by molar-refractivity contribution is -0.134. The average Bonchev–Trinajstić information content (AvgIpc) is 2.61. The smallest absolute Gasteiger partial charge is 0.222 e. The third-order valence-electron chi connectivity index (χ3n) is 5.24. The van der Waals surface area contributed by atoms with E-state index < -0.39 is 0 Å². The van der Waals surface area contributed by atoms with Crippen molar-refractivity contribution in [2.75, 3.05) is 26.2 Å². The van der Waals surface area contributed by atoms with E-state index >= 15 is 0 Å². The summed E-state index contributed by atoms with van der Waals surface area (Å²) in [5.74, 6) is 1.66. The zero-order chi connectivity index (χ0) is 16.3. The predicted octanol–water partition coefficient (Wildman–Crippen LogP) is 2.92. The standard InChI is InChI=1S/C18H32N2O2/c1-14-10-16(13-18(3,4)12-14)11-17(22)20-7-5-6-19(8-9-20)15(2)21/h14,16H,5-13H2,1-4H3/t14-,16+/m0/s1. The second kappa shape index (κ2) is 7.01. The molecule has 4 heteroatoms. The van der Waals surface area contributed by atoms with Crippen LogP contribution in [0.5, 0.6) is 0 Å². The fraction of sp³-hybridized carbons (Fsp3) is 0.889. The molecule has 0 aromatic carbocycles. The van der Waals surface area contributed by atoms with E-state index in [1.165, 1.54) is 12.8 Å². The lowest BCUT2D eigenvalue weighted by Gasteiger charge is -2.39. The van der Waals surface area contributed by atoms with Gasteiger partial charge in [0.05, 0.1) is 0 Å². The first-order chi connectivity index (χ1) is 10.3. The molecule has 4 nitrogen and oxygen atoms in total. The average molecular weight is 308 g/mol. The molecular weight excluding hydrogens is 276 g/mol. The Morgan fingerprint density at radius 2 is 1.68 bits per heavy atom. The molecule has 22 heavy (non-hydrogen) atoms. The van der Waals surface area contributed by atoms with E-state index in [0.29, 0.717) is 36.8 Å². The molecule has 2 rings (SSSR count). The molecule has 2 aliphatic rings. The lowest BCUT2D eigenvalue weighted by atomic mass is 9.67. The van der Waals surface area contributed by atoms with Crippen molar-refractivity contribution in [1.82, 2.24) is 9.80 Å². The topological polar surface area (TPSA) is 40.6 Å². The van der Waals surface area contributed by atoms with E-state index in [-0.39, 0.29) is 5.91 Å². The summed E-state index contributed by atoms with van der Waals surface area (Å²) in [6.45, 7) is 11.6. The first-order valence-corrected chi connectivity index (χ1v) is 8.80. The highest BCUT2D eigenvalue weighted by Crippen LogP contribution is 2.42. The maximum atomic E-state index is 12.6. The number of carbonyl (C=O) groups is 2. The van der Waals surface area contributed by atoms with Gasteiger partial charge < -0.3 is 9.80 Å². The van der Waals surface area contributed by atoms with Crippen LogP contribution >= 0.6 is 0 Å². The lowest BCUT2D eigenvalue weighted by Crippen LogP contribution is -2.38. The van der Waals surface area contributed by atoms with Crippen LogP contribution in [0.25, 0.3) is 0 Å². The Labute approximate surface area is 135 Å². The summed E-state index contributed by atoms with van der Waals surface area (Å²) in [5, 5.41) is 0. The van der Waals surface area contributed by atoms with E-state index in [9.17, 15) is 9.59 Å². The van der Waals surface area contributed by atoms with Gasteiger partial charge in [0.1, 0.15) is 0 Å². The third-order valence-corrected chi connectivity index (χ3v) is 5.24. The first-order valence-electron chi connectivity index (χ1n) is 8.80. The number of nitrogens with zero attached hydrogens (tertiary/aromatic N) is 2. The zero-order valence-corrected chi connectivity index (χ0v) is 14.7. The molecule has 0 radical (unpaired) electrons. The molecule has 1 aliphatic heterocycles. The van der Waals surface area contributed by atoms with E-state index in [0.717, 1.165) is 31.8 Å². The van der Waals surface area contributed by atoms with E-state index in [2.05, 4.69) is 20.8 Å². The second-order valence-electron chi connectivity index (χ2n) is 8.22. The van der Waals surface area contributed by atoms with Crippen molar-refractivity contribution in [3.63, 3.8) is 0 Å². The van der Waals surface area contributed by atoms with Crippen LogP contribution in [0.2, 0.25) is 0 Å². The molecule has 0 bridgehead atoms. The summed E-state index contributed by atoms with van der Waals surface area (Å²) in [5.41, 5.74) is 0.368. The van der Waals surface area contributed by atoms with Gasteiger partial charge >= 0.3 is 0 Å². The largest absolute Gasteiger partial charge is 0.341 e. The highest BCUT2D eigenvalue weighted by molar-refractivity contribution is 5.77. The van der Waals surface area contributed by atoms with Gasteiger partial charge in [0.2, 0.25) is 11.8 Å². The molecule has 2 atom stereocenters. The molecule has 1 saturated carbocycles.